The number of nitrogens with one attached hydrogen (secondary N) is 2. The summed E-state index contributed by atoms with van der Waals surface area (Å²) in [5, 5.41) is 3.47. The predicted molar refractivity (Wildman–Crippen MR) is 155 cm³/mol. The van der Waals surface area contributed by atoms with Gasteiger partial charge in [0.25, 0.3) is 10.0 Å². The molecule has 1 unspecified atom stereocenters. The van der Waals surface area contributed by atoms with Gasteiger partial charge in [0.2, 0.25) is 17.7 Å². The molecule has 3 amide bonds. The lowest BCUT2D eigenvalue weighted by Crippen LogP contribution is -2.48. The maximum absolute atomic E-state index is 13.0. The fraction of sp³-hybridized carbons (Fsp3) is 0.222. The third-order valence-electron chi connectivity index (χ3n) is 5.84. The van der Waals surface area contributed by atoms with Gasteiger partial charge < -0.3 is 11.1 Å². The first-order valence-electron chi connectivity index (χ1n) is 11.8. The van der Waals surface area contributed by atoms with Crippen LogP contribution >= 0.6 is 35.8 Å². The van der Waals surface area contributed by atoms with E-state index in [-0.39, 0.29) is 28.0 Å². The molecule has 12 heteroatoms. The molecule has 4 N–H and O–H groups in total. The Balaban J connectivity index is 1.81. The maximum atomic E-state index is 13.0. The van der Waals surface area contributed by atoms with Crippen LogP contribution in [0.25, 0.3) is 11.1 Å². The molecule has 0 saturated heterocycles. The monoisotopic (exact) mass is 607 g/mol. The van der Waals surface area contributed by atoms with Gasteiger partial charge in [-0.3, -0.25) is 14.4 Å². The van der Waals surface area contributed by atoms with Crippen molar-refractivity contribution in [2.24, 2.45) is 11.7 Å². The van der Waals surface area contributed by atoms with Gasteiger partial charge in [0.05, 0.1) is 10.8 Å². The van der Waals surface area contributed by atoms with Crippen LogP contribution in [0.15, 0.2) is 71.6 Å². The molecule has 0 aromatic heterocycles. The number of nitrogens with two attached hydrogens (primary N) is 1. The molecule has 8 nitrogen and oxygen atoms in total. The van der Waals surface area contributed by atoms with Crippen molar-refractivity contribution in [3.63, 3.8) is 0 Å². The van der Waals surface area contributed by atoms with E-state index in [4.69, 9.17) is 28.9 Å². The lowest BCUT2D eigenvalue weighted by Gasteiger charge is -2.20. The van der Waals surface area contributed by atoms with Crippen LogP contribution in [0, 0.1) is 5.92 Å². The van der Waals surface area contributed by atoms with Crippen LogP contribution in [0.4, 0.5) is 0 Å². The van der Waals surface area contributed by atoms with Crippen molar-refractivity contribution >= 4 is 63.6 Å². The SMILES string of the molecule is CC(=O)NS(=O)(=O)c1ccccc1-c1ccc(CC(NC(=O)[C@@H](CS)Cc2cccc(Cl)c2)C(N)=O)cc1Cl. The van der Waals surface area contributed by atoms with Gasteiger partial charge >= 0.3 is 0 Å². The van der Waals surface area contributed by atoms with E-state index in [1.807, 2.05) is 10.8 Å². The predicted octanol–water partition coefficient (Wildman–Crippen LogP) is 3.79. The first kappa shape index (κ1) is 30.5. The van der Waals surface area contributed by atoms with Crippen LogP contribution in [0.2, 0.25) is 10.0 Å². The summed E-state index contributed by atoms with van der Waals surface area (Å²) in [4.78, 5) is 36.5. The molecule has 39 heavy (non-hydrogen) atoms. The Bertz CT molecular complexity index is 1500. The summed E-state index contributed by atoms with van der Waals surface area (Å²) in [6.07, 6.45) is 0.437. The highest BCUT2D eigenvalue weighted by atomic mass is 35.5. The molecule has 0 aliphatic heterocycles. The summed E-state index contributed by atoms with van der Waals surface area (Å²) < 4.78 is 27.3. The molecule has 0 spiro atoms. The first-order chi connectivity index (χ1) is 18.4. The van der Waals surface area contributed by atoms with E-state index in [9.17, 15) is 22.8 Å². The maximum Gasteiger partial charge on any atom is 0.264 e. The summed E-state index contributed by atoms with van der Waals surface area (Å²) in [5.41, 5.74) is 7.73. The Morgan fingerprint density at radius 2 is 1.62 bits per heavy atom. The number of sulfonamides is 1. The van der Waals surface area contributed by atoms with Crippen molar-refractivity contribution in [1.82, 2.24) is 10.0 Å². The lowest BCUT2D eigenvalue weighted by molar-refractivity contribution is -0.129. The van der Waals surface area contributed by atoms with Crippen molar-refractivity contribution in [2.45, 2.75) is 30.7 Å². The normalized spacial score (nSPS) is 12.8. The van der Waals surface area contributed by atoms with Gasteiger partial charge in [-0.2, -0.15) is 12.6 Å². The number of carbonyl (C=O) groups excluding carboxylic acids is 3. The average molecular weight is 609 g/mol. The summed E-state index contributed by atoms with van der Waals surface area (Å²) in [5.74, 6) is -2.12. The van der Waals surface area contributed by atoms with E-state index in [0.29, 0.717) is 28.1 Å². The van der Waals surface area contributed by atoms with Crippen LogP contribution in [-0.2, 0) is 37.2 Å². The molecule has 0 radical (unpaired) electrons. The first-order valence-corrected chi connectivity index (χ1v) is 14.6. The van der Waals surface area contributed by atoms with Crippen molar-refractivity contribution in [1.29, 1.82) is 0 Å². The second kappa shape index (κ2) is 13.3. The molecule has 0 saturated carbocycles. The largest absolute Gasteiger partial charge is 0.368 e. The number of benzene rings is 3. The van der Waals surface area contributed by atoms with Crippen LogP contribution in [0.3, 0.4) is 0 Å². The molecular weight excluding hydrogens is 581 g/mol. The standard InChI is InChI=1S/C27H27Cl2N3O5S2/c1-16(33)32-39(36,37)25-8-3-2-7-22(25)21-10-9-18(13-23(21)29)14-24(26(30)34)31-27(35)19(15-38)11-17-5-4-6-20(28)12-17/h2-10,12-13,19,24,38H,11,14-15H2,1H3,(H2,30,34)(H,31,35)(H,32,33)/t19-,24?/m1/s1. The Kier molecular flexibility index (Phi) is 10.4. The molecule has 0 aliphatic rings. The number of carbonyl (C=O) groups is 3. The van der Waals surface area contributed by atoms with Crippen LogP contribution in [0.1, 0.15) is 18.1 Å². The lowest BCUT2D eigenvalue weighted by atomic mass is 9.98. The molecule has 206 valence electrons. The van der Waals surface area contributed by atoms with Gasteiger partial charge in [-0.05, 0) is 41.8 Å². The van der Waals surface area contributed by atoms with Crippen molar-refractivity contribution < 1.29 is 22.8 Å². The minimum absolute atomic E-state index is 0.0589. The highest BCUT2D eigenvalue weighted by molar-refractivity contribution is 7.90. The molecule has 0 aliphatic carbocycles. The fourth-order valence-electron chi connectivity index (χ4n) is 4.01. The molecule has 3 aromatic carbocycles. The number of rotatable bonds is 11. The zero-order chi connectivity index (χ0) is 28.7. The number of thiol groups is 1. The van der Waals surface area contributed by atoms with Crippen LogP contribution in [-0.4, -0.2) is 37.9 Å². The van der Waals surface area contributed by atoms with Crippen LogP contribution in [0.5, 0.6) is 0 Å². The minimum atomic E-state index is -4.13. The number of amides is 3. The number of hydrogen-bond donors (Lipinski definition) is 4. The summed E-state index contributed by atoms with van der Waals surface area (Å²) >= 11 is 16.9. The minimum Gasteiger partial charge on any atom is -0.368 e. The molecule has 0 fully saturated rings. The van der Waals surface area contributed by atoms with Gasteiger partial charge in [0.15, 0.2) is 0 Å². The van der Waals surface area contributed by atoms with Gasteiger partial charge in [-0.1, -0.05) is 65.7 Å². The topological polar surface area (TPSA) is 135 Å². The van der Waals surface area contributed by atoms with E-state index in [0.717, 1.165) is 12.5 Å². The van der Waals surface area contributed by atoms with E-state index in [1.54, 1.807) is 48.5 Å². The Morgan fingerprint density at radius 1 is 0.923 bits per heavy atom. The third-order valence-corrected chi connectivity index (χ3v) is 8.32. The van der Waals surface area contributed by atoms with Crippen molar-refractivity contribution in [2.75, 3.05) is 5.75 Å². The van der Waals surface area contributed by atoms with Gasteiger partial charge in [-0.15, -0.1) is 0 Å². The van der Waals surface area contributed by atoms with Crippen LogP contribution < -0.4 is 15.8 Å². The Hall–Kier alpha value is -3.05. The van der Waals surface area contributed by atoms with Gasteiger partial charge in [-0.25, -0.2) is 13.1 Å². The molecule has 3 aromatic rings. The molecule has 0 heterocycles. The smallest absolute Gasteiger partial charge is 0.264 e. The number of hydrogen-bond acceptors (Lipinski definition) is 6. The fourth-order valence-corrected chi connectivity index (χ4v) is 6.03. The second-order valence-electron chi connectivity index (χ2n) is 8.85. The third kappa shape index (κ3) is 8.22. The Labute approximate surface area is 242 Å². The van der Waals surface area contributed by atoms with E-state index in [1.165, 1.54) is 12.1 Å². The van der Waals surface area contributed by atoms with E-state index in [2.05, 4.69) is 17.9 Å². The quantitative estimate of drug-likeness (QED) is 0.246. The number of primary amides is 1. The molecule has 0 bridgehead atoms. The Morgan fingerprint density at radius 3 is 2.23 bits per heavy atom. The van der Waals surface area contributed by atoms with Gasteiger partial charge in [0.1, 0.15) is 6.04 Å². The van der Waals surface area contributed by atoms with E-state index < -0.39 is 33.8 Å². The molecule has 2 atom stereocenters. The average Bonchev–Trinajstić information content (AvgIpc) is 2.86. The van der Waals surface area contributed by atoms with Crippen molar-refractivity contribution in [3.8, 4) is 11.1 Å². The van der Waals surface area contributed by atoms with E-state index >= 15 is 0 Å². The molecule has 3 rings (SSSR count). The zero-order valence-electron chi connectivity index (χ0n) is 20.9. The summed E-state index contributed by atoms with van der Waals surface area (Å²) in [6.45, 7) is 1.10. The van der Waals surface area contributed by atoms with Crippen molar-refractivity contribution in [3.05, 3.63) is 87.9 Å². The second-order valence-corrected chi connectivity index (χ2v) is 11.7. The highest BCUT2D eigenvalue weighted by Gasteiger charge is 2.25. The molecular formula is C27H27Cl2N3O5S2. The summed E-state index contributed by atoms with van der Waals surface area (Å²) in [7, 11) is -4.13. The summed E-state index contributed by atoms with van der Waals surface area (Å²) in [6, 6.07) is 17.1. The highest BCUT2D eigenvalue weighted by Crippen LogP contribution is 2.33. The van der Waals surface area contributed by atoms with Gasteiger partial charge in [0, 0.05) is 40.3 Å². The zero-order valence-corrected chi connectivity index (χ0v) is 24.1. The number of halogens is 2.